The van der Waals surface area contributed by atoms with E-state index < -0.39 is 10.7 Å². The Kier molecular flexibility index (Phi) is 7.40. The third-order valence-electron chi connectivity index (χ3n) is 3.27. The number of carbonyl (C=O) groups excluding carboxylic acids is 1. The van der Waals surface area contributed by atoms with Crippen molar-refractivity contribution in [2.45, 2.75) is 13.8 Å². The minimum absolute atomic E-state index is 0.00762. The number of hydrogen-bond acceptors (Lipinski definition) is 6. The first-order chi connectivity index (χ1) is 12.0. The van der Waals surface area contributed by atoms with Crippen LogP contribution >= 0.6 is 0 Å². The van der Waals surface area contributed by atoms with Gasteiger partial charge in [-0.1, -0.05) is 26.0 Å². The Morgan fingerprint density at radius 3 is 1.92 bits per heavy atom. The number of para-hydroxylation sites is 1. The van der Waals surface area contributed by atoms with Crippen molar-refractivity contribution in [2.75, 3.05) is 21.3 Å². The molecule has 25 heavy (non-hydrogen) atoms. The Morgan fingerprint density at radius 1 is 0.960 bits per heavy atom. The third-order valence-corrected chi connectivity index (χ3v) is 3.27. The Labute approximate surface area is 146 Å². The zero-order chi connectivity index (χ0) is 19.0. The van der Waals surface area contributed by atoms with Crippen LogP contribution in [0, 0.1) is 10.1 Å². The van der Waals surface area contributed by atoms with Gasteiger partial charge < -0.3 is 14.2 Å². The summed E-state index contributed by atoms with van der Waals surface area (Å²) in [6.07, 6.45) is 0. The Balaban J connectivity index is 0.00000151. The number of ketones is 1. The van der Waals surface area contributed by atoms with Crippen molar-refractivity contribution in [3.8, 4) is 17.2 Å². The van der Waals surface area contributed by atoms with Gasteiger partial charge in [0.15, 0.2) is 17.3 Å². The van der Waals surface area contributed by atoms with Crippen LogP contribution < -0.4 is 14.2 Å². The van der Waals surface area contributed by atoms with Gasteiger partial charge in [-0.25, -0.2) is 0 Å². The van der Waals surface area contributed by atoms with E-state index in [0.717, 1.165) is 0 Å². The number of nitro groups is 1. The van der Waals surface area contributed by atoms with Crippen LogP contribution in [0.5, 0.6) is 17.2 Å². The molecule has 7 nitrogen and oxygen atoms in total. The van der Waals surface area contributed by atoms with Crippen molar-refractivity contribution in [3.63, 3.8) is 0 Å². The van der Waals surface area contributed by atoms with Gasteiger partial charge >= 0.3 is 0 Å². The summed E-state index contributed by atoms with van der Waals surface area (Å²) in [6, 6.07) is 8.68. The van der Waals surface area contributed by atoms with Crippen molar-refractivity contribution in [1.29, 1.82) is 0 Å². The van der Waals surface area contributed by atoms with E-state index in [1.54, 1.807) is 6.07 Å². The molecule has 2 aromatic rings. The van der Waals surface area contributed by atoms with Gasteiger partial charge in [0.25, 0.3) is 5.69 Å². The van der Waals surface area contributed by atoms with Gasteiger partial charge in [0, 0.05) is 11.6 Å². The van der Waals surface area contributed by atoms with Crippen molar-refractivity contribution in [3.05, 3.63) is 57.6 Å². The number of benzene rings is 2. The third kappa shape index (κ3) is 4.26. The van der Waals surface area contributed by atoms with E-state index in [-0.39, 0.29) is 16.8 Å². The molecule has 0 heterocycles. The predicted octanol–water partition coefficient (Wildman–Crippen LogP) is 3.88. The first-order valence-electron chi connectivity index (χ1n) is 7.61. The number of rotatable bonds is 6. The van der Waals surface area contributed by atoms with Gasteiger partial charge in [0.05, 0.1) is 26.3 Å². The van der Waals surface area contributed by atoms with Gasteiger partial charge in [-0.05, 0) is 18.2 Å². The molecule has 0 fully saturated rings. The molecule has 0 aromatic heterocycles. The van der Waals surface area contributed by atoms with E-state index in [1.807, 2.05) is 13.8 Å². The summed E-state index contributed by atoms with van der Waals surface area (Å²) in [5, 5.41) is 11.1. The number of nitrogens with zero attached hydrogens (tertiary/aromatic N) is 1. The molecule has 0 atom stereocenters. The van der Waals surface area contributed by atoms with Crippen LogP contribution in [-0.4, -0.2) is 32.0 Å². The number of carbonyl (C=O) groups is 1. The van der Waals surface area contributed by atoms with Crippen LogP contribution in [0.25, 0.3) is 0 Å². The second-order valence-electron chi connectivity index (χ2n) is 4.52. The van der Waals surface area contributed by atoms with E-state index in [2.05, 4.69) is 0 Å². The molecule has 7 heteroatoms. The van der Waals surface area contributed by atoms with Gasteiger partial charge in [-0.15, -0.1) is 0 Å². The Morgan fingerprint density at radius 2 is 1.48 bits per heavy atom. The van der Waals surface area contributed by atoms with Crippen LogP contribution in [0.15, 0.2) is 36.4 Å². The average Bonchev–Trinajstić information content (AvgIpc) is 2.67. The number of ether oxygens (including phenoxy) is 3. The molecule has 0 aliphatic carbocycles. The molecule has 0 amide bonds. The number of methoxy groups -OCH3 is 3. The molecule has 0 spiro atoms. The maximum Gasteiger partial charge on any atom is 0.280 e. The van der Waals surface area contributed by atoms with Crippen molar-refractivity contribution < 1.29 is 23.9 Å². The normalized spacial score (nSPS) is 9.48. The monoisotopic (exact) mass is 347 g/mol. The van der Waals surface area contributed by atoms with Gasteiger partial charge in [-0.2, -0.15) is 0 Å². The van der Waals surface area contributed by atoms with Gasteiger partial charge in [0.2, 0.25) is 5.75 Å². The van der Waals surface area contributed by atoms with Crippen LogP contribution in [0.4, 0.5) is 5.69 Å². The Bertz CT molecular complexity index is 732. The summed E-state index contributed by atoms with van der Waals surface area (Å²) in [5.74, 6) is 0.438. The van der Waals surface area contributed by atoms with Gasteiger partial charge in [0.1, 0.15) is 5.56 Å². The van der Waals surface area contributed by atoms with Crippen LogP contribution in [0.2, 0.25) is 0 Å². The van der Waals surface area contributed by atoms with E-state index in [4.69, 9.17) is 14.2 Å². The highest BCUT2D eigenvalue weighted by molar-refractivity contribution is 6.12. The largest absolute Gasteiger partial charge is 0.493 e. The molecule has 0 aliphatic rings. The van der Waals surface area contributed by atoms with E-state index in [9.17, 15) is 14.9 Å². The summed E-state index contributed by atoms with van der Waals surface area (Å²) >= 11 is 0. The van der Waals surface area contributed by atoms with E-state index in [0.29, 0.717) is 17.2 Å². The lowest BCUT2D eigenvalue weighted by Gasteiger charge is -2.13. The quantitative estimate of drug-likeness (QED) is 0.448. The molecule has 0 radical (unpaired) electrons. The molecule has 0 N–H and O–H groups in total. The smallest absolute Gasteiger partial charge is 0.280 e. The average molecular weight is 347 g/mol. The molecule has 0 unspecified atom stereocenters. The van der Waals surface area contributed by atoms with Gasteiger partial charge in [-0.3, -0.25) is 14.9 Å². The number of nitro benzene ring substituents is 1. The maximum atomic E-state index is 12.7. The minimum atomic E-state index is -0.592. The summed E-state index contributed by atoms with van der Waals surface area (Å²) in [6.45, 7) is 4.00. The highest BCUT2D eigenvalue weighted by atomic mass is 16.6. The molecule has 0 saturated heterocycles. The highest BCUT2D eigenvalue weighted by Gasteiger charge is 2.23. The van der Waals surface area contributed by atoms with Crippen LogP contribution in [0.1, 0.15) is 29.8 Å². The van der Waals surface area contributed by atoms with Crippen LogP contribution in [-0.2, 0) is 0 Å². The summed E-state index contributed by atoms with van der Waals surface area (Å²) in [4.78, 5) is 23.1. The van der Waals surface area contributed by atoms with Crippen molar-refractivity contribution in [1.82, 2.24) is 0 Å². The fourth-order valence-corrected chi connectivity index (χ4v) is 2.19. The maximum absolute atomic E-state index is 12.7. The zero-order valence-electron chi connectivity index (χ0n) is 14.9. The van der Waals surface area contributed by atoms with Crippen LogP contribution in [0.3, 0.4) is 0 Å². The fraction of sp³-hybridized carbons (Fsp3) is 0.278. The zero-order valence-corrected chi connectivity index (χ0v) is 14.9. The molecule has 0 saturated carbocycles. The van der Waals surface area contributed by atoms with Crippen molar-refractivity contribution >= 4 is 11.5 Å². The summed E-state index contributed by atoms with van der Waals surface area (Å²) in [5.41, 5.74) is -0.0631. The van der Waals surface area contributed by atoms with E-state index >= 15 is 0 Å². The fourth-order valence-electron chi connectivity index (χ4n) is 2.19. The molecule has 0 bridgehead atoms. The second kappa shape index (κ2) is 9.27. The highest BCUT2D eigenvalue weighted by Crippen LogP contribution is 2.39. The SMILES string of the molecule is CC.COc1cc(C(=O)c2ccccc2[N+](=O)[O-])cc(OC)c1OC. The molecule has 0 aliphatic heterocycles. The summed E-state index contributed by atoms with van der Waals surface area (Å²) < 4.78 is 15.6. The molecular weight excluding hydrogens is 326 g/mol. The topological polar surface area (TPSA) is 87.9 Å². The first-order valence-corrected chi connectivity index (χ1v) is 7.61. The molecule has 2 rings (SSSR count). The lowest BCUT2D eigenvalue weighted by Crippen LogP contribution is -2.07. The first kappa shape index (κ1) is 20.0. The summed E-state index contributed by atoms with van der Waals surface area (Å²) in [7, 11) is 4.30. The minimum Gasteiger partial charge on any atom is -0.493 e. The second-order valence-corrected chi connectivity index (χ2v) is 4.52. The lowest BCUT2D eigenvalue weighted by molar-refractivity contribution is -0.385. The molecular formula is C18H21NO6. The molecule has 134 valence electrons. The van der Waals surface area contributed by atoms with E-state index in [1.165, 1.54) is 51.7 Å². The Hall–Kier alpha value is -3.09. The predicted molar refractivity (Wildman–Crippen MR) is 94.0 cm³/mol. The standard InChI is InChI=1S/C16H15NO6.C2H6/c1-21-13-8-10(9-14(22-2)16(13)23-3)15(18)11-6-4-5-7-12(11)17(19)20;1-2/h4-9H,1-3H3;1-2H3. The van der Waals surface area contributed by atoms with Crippen molar-refractivity contribution in [2.24, 2.45) is 0 Å². The molecule has 2 aromatic carbocycles. The lowest BCUT2D eigenvalue weighted by atomic mass is 10.0. The number of hydrogen-bond donors (Lipinski definition) is 0.